The number of hydrogen-bond acceptors (Lipinski definition) is 4. The molecule has 2 aromatic rings. The molecule has 0 bridgehead atoms. The highest BCUT2D eigenvalue weighted by molar-refractivity contribution is 7.92. The average molecular weight is 331 g/mol. The summed E-state index contributed by atoms with van der Waals surface area (Å²) >= 11 is 0. The Morgan fingerprint density at radius 3 is 2.23 bits per heavy atom. The van der Waals surface area contributed by atoms with Crippen LogP contribution in [-0.4, -0.2) is 8.42 Å². The van der Waals surface area contributed by atoms with E-state index in [-0.39, 0.29) is 22.0 Å². The standard InChI is InChI=1S/C13H12F3N3O2S/c14-13(15,16)8-2-1-3-9(6-8)19-22(20,21)10-4-5-11(17)12(18)7-10/h1-7,19H,17-18H2. The lowest BCUT2D eigenvalue weighted by Crippen LogP contribution is -2.14. The highest BCUT2D eigenvalue weighted by Gasteiger charge is 2.30. The summed E-state index contributed by atoms with van der Waals surface area (Å²) in [7, 11) is -4.07. The number of hydrogen-bond donors (Lipinski definition) is 3. The second-order valence-corrected chi connectivity index (χ2v) is 6.16. The molecule has 9 heteroatoms. The van der Waals surface area contributed by atoms with Gasteiger partial charge in [-0.25, -0.2) is 8.42 Å². The van der Waals surface area contributed by atoms with E-state index in [1.807, 2.05) is 0 Å². The van der Waals surface area contributed by atoms with Crippen molar-refractivity contribution < 1.29 is 21.6 Å². The zero-order valence-corrected chi connectivity index (χ0v) is 11.9. The summed E-state index contributed by atoms with van der Waals surface area (Å²) in [6.07, 6.45) is -4.56. The van der Waals surface area contributed by atoms with Crippen molar-refractivity contribution in [3.05, 3.63) is 48.0 Å². The first-order valence-corrected chi connectivity index (χ1v) is 7.43. The summed E-state index contributed by atoms with van der Waals surface area (Å²) in [6.45, 7) is 0. The minimum absolute atomic E-state index is 0.0620. The summed E-state index contributed by atoms with van der Waals surface area (Å²) in [4.78, 5) is -0.198. The van der Waals surface area contributed by atoms with Crippen LogP contribution in [0.5, 0.6) is 0 Å². The molecule has 0 aromatic heterocycles. The van der Waals surface area contributed by atoms with Gasteiger partial charge in [0.15, 0.2) is 0 Å². The minimum Gasteiger partial charge on any atom is -0.397 e. The number of nitrogen functional groups attached to an aromatic ring is 2. The Balaban J connectivity index is 2.35. The van der Waals surface area contributed by atoms with Crippen molar-refractivity contribution in [2.45, 2.75) is 11.1 Å². The van der Waals surface area contributed by atoms with Crippen LogP contribution in [0.15, 0.2) is 47.4 Å². The second-order valence-electron chi connectivity index (χ2n) is 4.47. The van der Waals surface area contributed by atoms with Crippen LogP contribution in [0.4, 0.5) is 30.2 Å². The normalized spacial score (nSPS) is 12.1. The molecule has 5 N–H and O–H groups in total. The molecule has 0 aliphatic rings. The van der Waals surface area contributed by atoms with Crippen molar-refractivity contribution in [2.75, 3.05) is 16.2 Å². The molecule has 0 spiro atoms. The van der Waals surface area contributed by atoms with E-state index in [1.54, 1.807) is 0 Å². The number of benzene rings is 2. The van der Waals surface area contributed by atoms with Crippen LogP contribution in [-0.2, 0) is 16.2 Å². The summed E-state index contributed by atoms with van der Waals surface area (Å²) < 4.78 is 64.2. The first kappa shape index (κ1) is 16.0. The van der Waals surface area contributed by atoms with Gasteiger partial charge in [0, 0.05) is 5.69 Å². The number of alkyl halides is 3. The van der Waals surface area contributed by atoms with Crippen molar-refractivity contribution in [1.29, 1.82) is 0 Å². The Morgan fingerprint density at radius 1 is 0.955 bits per heavy atom. The lowest BCUT2D eigenvalue weighted by atomic mass is 10.2. The van der Waals surface area contributed by atoms with Crippen LogP contribution in [0.3, 0.4) is 0 Å². The SMILES string of the molecule is Nc1ccc(S(=O)(=O)Nc2cccc(C(F)(F)F)c2)cc1N. The second kappa shape index (κ2) is 5.41. The van der Waals surface area contributed by atoms with E-state index in [1.165, 1.54) is 18.2 Å². The van der Waals surface area contributed by atoms with E-state index in [2.05, 4.69) is 4.72 Å². The number of nitrogens with two attached hydrogens (primary N) is 2. The van der Waals surface area contributed by atoms with Gasteiger partial charge in [-0.3, -0.25) is 4.72 Å². The zero-order chi connectivity index (χ0) is 16.5. The van der Waals surface area contributed by atoms with Gasteiger partial charge in [0.25, 0.3) is 10.0 Å². The molecule has 0 unspecified atom stereocenters. The predicted octanol–water partition coefficient (Wildman–Crippen LogP) is 2.67. The van der Waals surface area contributed by atoms with Gasteiger partial charge >= 0.3 is 6.18 Å². The fraction of sp³-hybridized carbons (Fsp3) is 0.0769. The quantitative estimate of drug-likeness (QED) is 0.753. The molecular weight excluding hydrogens is 319 g/mol. The molecule has 0 radical (unpaired) electrons. The lowest BCUT2D eigenvalue weighted by Gasteiger charge is -2.12. The fourth-order valence-corrected chi connectivity index (χ4v) is 2.78. The number of anilines is 3. The summed E-state index contributed by atoms with van der Waals surface area (Å²) in [5.74, 6) is 0. The van der Waals surface area contributed by atoms with E-state index in [0.29, 0.717) is 6.07 Å². The third-order valence-corrected chi connectivity index (χ3v) is 4.19. The Labute approximate surface area is 124 Å². The summed E-state index contributed by atoms with van der Waals surface area (Å²) in [6, 6.07) is 7.52. The smallest absolute Gasteiger partial charge is 0.397 e. The number of halogens is 3. The van der Waals surface area contributed by atoms with Gasteiger partial charge in [0.1, 0.15) is 0 Å². The molecule has 2 rings (SSSR count). The summed E-state index contributed by atoms with van der Waals surface area (Å²) in [5.41, 5.74) is 10.1. The van der Waals surface area contributed by atoms with Crippen molar-refractivity contribution in [2.24, 2.45) is 0 Å². The number of nitrogens with one attached hydrogen (secondary N) is 1. The molecule has 0 saturated heterocycles. The van der Waals surface area contributed by atoms with Gasteiger partial charge in [-0.1, -0.05) is 6.07 Å². The van der Waals surface area contributed by atoms with E-state index < -0.39 is 21.8 Å². The van der Waals surface area contributed by atoms with Gasteiger partial charge in [-0.05, 0) is 36.4 Å². The minimum atomic E-state index is -4.56. The van der Waals surface area contributed by atoms with E-state index in [0.717, 1.165) is 18.2 Å². The van der Waals surface area contributed by atoms with Gasteiger partial charge in [0.05, 0.1) is 21.8 Å². The van der Waals surface area contributed by atoms with Crippen LogP contribution >= 0.6 is 0 Å². The molecule has 5 nitrogen and oxygen atoms in total. The topological polar surface area (TPSA) is 98.2 Å². The molecule has 0 aliphatic carbocycles. The molecule has 0 aliphatic heterocycles. The number of sulfonamides is 1. The van der Waals surface area contributed by atoms with Crippen molar-refractivity contribution in [1.82, 2.24) is 0 Å². The van der Waals surface area contributed by atoms with E-state index in [9.17, 15) is 21.6 Å². The Hall–Kier alpha value is -2.42. The molecule has 0 amide bonds. The molecular formula is C13H12F3N3O2S. The van der Waals surface area contributed by atoms with Gasteiger partial charge in [-0.15, -0.1) is 0 Å². The molecule has 0 saturated carbocycles. The molecule has 2 aromatic carbocycles. The van der Waals surface area contributed by atoms with Gasteiger partial charge in [0.2, 0.25) is 0 Å². The van der Waals surface area contributed by atoms with E-state index in [4.69, 9.17) is 11.5 Å². The fourth-order valence-electron chi connectivity index (χ4n) is 1.69. The van der Waals surface area contributed by atoms with Crippen LogP contribution in [0.25, 0.3) is 0 Å². The zero-order valence-electron chi connectivity index (χ0n) is 11.1. The Morgan fingerprint density at radius 2 is 1.64 bits per heavy atom. The Kier molecular flexibility index (Phi) is 3.92. The average Bonchev–Trinajstić information content (AvgIpc) is 2.40. The lowest BCUT2D eigenvalue weighted by molar-refractivity contribution is -0.137. The maximum Gasteiger partial charge on any atom is 0.416 e. The predicted molar refractivity (Wildman–Crippen MR) is 77.5 cm³/mol. The van der Waals surface area contributed by atoms with Crippen LogP contribution in [0.2, 0.25) is 0 Å². The molecule has 0 atom stereocenters. The summed E-state index contributed by atoms with van der Waals surface area (Å²) in [5, 5.41) is 0. The van der Waals surface area contributed by atoms with Gasteiger partial charge in [-0.2, -0.15) is 13.2 Å². The third-order valence-electron chi connectivity index (χ3n) is 2.81. The van der Waals surface area contributed by atoms with E-state index >= 15 is 0 Å². The molecule has 0 fully saturated rings. The van der Waals surface area contributed by atoms with Crippen molar-refractivity contribution >= 4 is 27.1 Å². The first-order valence-electron chi connectivity index (χ1n) is 5.95. The van der Waals surface area contributed by atoms with Gasteiger partial charge < -0.3 is 11.5 Å². The maximum absolute atomic E-state index is 12.6. The molecule has 22 heavy (non-hydrogen) atoms. The maximum atomic E-state index is 12.6. The largest absolute Gasteiger partial charge is 0.416 e. The van der Waals surface area contributed by atoms with Crippen molar-refractivity contribution in [3.63, 3.8) is 0 Å². The highest BCUT2D eigenvalue weighted by atomic mass is 32.2. The highest BCUT2D eigenvalue weighted by Crippen LogP contribution is 2.31. The Bertz CT molecular complexity index is 804. The molecule has 0 heterocycles. The first-order chi connectivity index (χ1) is 10.1. The van der Waals surface area contributed by atoms with Crippen LogP contribution < -0.4 is 16.2 Å². The third kappa shape index (κ3) is 3.42. The van der Waals surface area contributed by atoms with Crippen molar-refractivity contribution in [3.8, 4) is 0 Å². The number of rotatable bonds is 3. The van der Waals surface area contributed by atoms with Crippen LogP contribution in [0.1, 0.15) is 5.56 Å². The van der Waals surface area contributed by atoms with Crippen LogP contribution in [0, 0.1) is 0 Å². The molecule has 118 valence electrons. The monoisotopic (exact) mass is 331 g/mol.